The second-order valence-corrected chi connectivity index (χ2v) is 7.23. The molecule has 0 saturated heterocycles. The maximum absolute atomic E-state index is 12.5. The molecule has 2 aromatic carbocycles. The quantitative estimate of drug-likeness (QED) is 0.766. The van der Waals surface area contributed by atoms with E-state index in [0.717, 1.165) is 27.8 Å². The lowest BCUT2D eigenvalue weighted by Gasteiger charge is -2.29. The van der Waals surface area contributed by atoms with Crippen LogP contribution in [0.15, 0.2) is 58.3 Å². The van der Waals surface area contributed by atoms with Crippen LogP contribution in [-0.2, 0) is 4.79 Å². The number of rotatable bonds is 3. The maximum atomic E-state index is 12.5. The Balaban J connectivity index is 1.73. The fourth-order valence-corrected chi connectivity index (χ4v) is 4.13. The van der Waals surface area contributed by atoms with E-state index in [9.17, 15) is 4.79 Å². The number of fused-ring (bicyclic) bond motifs is 1. The maximum Gasteiger partial charge on any atom is 0.237 e. The van der Waals surface area contributed by atoms with Gasteiger partial charge in [0, 0.05) is 27.1 Å². The van der Waals surface area contributed by atoms with Gasteiger partial charge in [-0.1, -0.05) is 29.8 Å². The Hall–Kier alpha value is -1.10. The van der Waals surface area contributed by atoms with Crippen molar-refractivity contribution in [1.29, 1.82) is 0 Å². The highest BCUT2D eigenvalue weighted by Crippen LogP contribution is 2.37. The van der Waals surface area contributed by atoms with Crippen LogP contribution in [0, 0.1) is 0 Å². The second kappa shape index (κ2) is 6.77. The minimum Gasteiger partial charge on any atom is -0.310 e. The lowest BCUT2D eigenvalue weighted by molar-refractivity contribution is -0.116. The Bertz CT molecular complexity index is 648. The number of nitrogens with zero attached hydrogens (tertiary/aromatic N) is 1. The molecular weight excluding hydrogens is 322 g/mol. The van der Waals surface area contributed by atoms with Gasteiger partial charge in [0.1, 0.15) is 0 Å². The molecule has 0 saturated carbocycles. The van der Waals surface area contributed by atoms with Crippen LogP contribution in [0.1, 0.15) is 0 Å². The van der Waals surface area contributed by atoms with Gasteiger partial charge in [0.25, 0.3) is 0 Å². The third-order valence-electron chi connectivity index (χ3n) is 3.19. The average Bonchev–Trinajstić information content (AvgIpc) is 2.53. The lowest BCUT2D eigenvalue weighted by Crippen LogP contribution is -2.36. The zero-order valence-corrected chi connectivity index (χ0v) is 13.7. The lowest BCUT2D eigenvalue weighted by atomic mass is 10.2. The summed E-state index contributed by atoms with van der Waals surface area (Å²) in [6, 6.07) is 15.7. The summed E-state index contributed by atoms with van der Waals surface area (Å²) >= 11 is 9.41. The van der Waals surface area contributed by atoms with Crippen molar-refractivity contribution in [2.45, 2.75) is 9.79 Å². The molecule has 0 N–H and O–H groups in total. The van der Waals surface area contributed by atoms with Gasteiger partial charge in [-0.2, -0.15) is 0 Å². The predicted octanol–water partition coefficient (Wildman–Crippen LogP) is 4.57. The summed E-state index contributed by atoms with van der Waals surface area (Å²) in [6.45, 7) is 0.742. The number of thioether (sulfide) groups is 2. The minimum atomic E-state index is 0.132. The first-order valence-electron chi connectivity index (χ1n) is 6.64. The third-order valence-corrected chi connectivity index (χ3v) is 5.47. The summed E-state index contributed by atoms with van der Waals surface area (Å²) < 4.78 is 0. The van der Waals surface area contributed by atoms with E-state index < -0.39 is 0 Å². The molecule has 1 heterocycles. The largest absolute Gasteiger partial charge is 0.310 e. The van der Waals surface area contributed by atoms with E-state index in [0.29, 0.717) is 10.8 Å². The van der Waals surface area contributed by atoms with Crippen LogP contribution < -0.4 is 4.90 Å². The second-order valence-electron chi connectivity index (χ2n) is 4.61. The molecule has 0 fully saturated rings. The molecule has 2 aromatic rings. The Labute approximate surface area is 137 Å². The van der Waals surface area contributed by atoms with Gasteiger partial charge in [0.15, 0.2) is 0 Å². The van der Waals surface area contributed by atoms with Gasteiger partial charge < -0.3 is 4.90 Å². The first kappa shape index (κ1) is 14.8. The zero-order chi connectivity index (χ0) is 14.7. The summed E-state index contributed by atoms with van der Waals surface area (Å²) in [5.41, 5.74) is 0.942. The van der Waals surface area contributed by atoms with E-state index in [1.54, 1.807) is 23.5 Å². The highest BCUT2D eigenvalue weighted by molar-refractivity contribution is 8.00. The van der Waals surface area contributed by atoms with Crippen molar-refractivity contribution in [3.8, 4) is 0 Å². The smallest absolute Gasteiger partial charge is 0.237 e. The standard InChI is InChI=1S/C16H14ClNOS2/c17-12-6-7-15-14(10-12)18(8-9-20-15)16(19)11-21-13-4-2-1-3-5-13/h1-7,10H,8-9,11H2. The molecule has 1 aliphatic heterocycles. The molecule has 1 aliphatic rings. The van der Waals surface area contributed by atoms with E-state index in [2.05, 4.69) is 0 Å². The van der Waals surface area contributed by atoms with Crippen molar-refractivity contribution in [1.82, 2.24) is 0 Å². The van der Waals surface area contributed by atoms with Crippen molar-refractivity contribution >= 4 is 46.7 Å². The van der Waals surface area contributed by atoms with E-state index in [1.807, 2.05) is 53.4 Å². The van der Waals surface area contributed by atoms with E-state index in [4.69, 9.17) is 11.6 Å². The van der Waals surface area contributed by atoms with Crippen LogP contribution in [-0.4, -0.2) is 24.0 Å². The number of hydrogen-bond acceptors (Lipinski definition) is 3. The van der Waals surface area contributed by atoms with Gasteiger partial charge in [-0.05, 0) is 30.3 Å². The van der Waals surface area contributed by atoms with Crippen LogP contribution >= 0.6 is 35.1 Å². The number of halogens is 1. The monoisotopic (exact) mass is 335 g/mol. The van der Waals surface area contributed by atoms with Gasteiger partial charge in [0.05, 0.1) is 11.4 Å². The van der Waals surface area contributed by atoms with Gasteiger partial charge in [-0.15, -0.1) is 23.5 Å². The topological polar surface area (TPSA) is 20.3 Å². The number of hydrogen-bond donors (Lipinski definition) is 0. The Morgan fingerprint density at radius 1 is 1.24 bits per heavy atom. The summed E-state index contributed by atoms with van der Waals surface area (Å²) in [5.74, 6) is 1.50. The molecule has 0 aromatic heterocycles. The first-order valence-corrected chi connectivity index (χ1v) is 8.99. The summed E-state index contributed by atoms with van der Waals surface area (Å²) in [4.78, 5) is 16.6. The normalized spacial score (nSPS) is 13.9. The Morgan fingerprint density at radius 2 is 2.05 bits per heavy atom. The van der Waals surface area contributed by atoms with E-state index >= 15 is 0 Å². The number of anilines is 1. The molecule has 0 unspecified atom stereocenters. The van der Waals surface area contributed by atoms with Crippen LogP contribution in [0.3, 0.4) is 0 Å². The third kappa shape index (κ3) is 3.57. The van der Waals surface area contributed by atoms with Crippen molar-refractivity contribution in [2.24, 2.45) is 0 Å². The predicted molar refractivity (Wildman–Crippen MR) is 91.7 cm³/mol. The van der Waals surface area contributed by atoms with Gasteiger partial charge in [-0.3, -0.25) is 4.79 Å². The molecule has 0 atom stereocenters. The number of amides is 1. The van der Waals surface area contributed by atoms with Crippen LogP contribution in [0.2, 0.25) is 5.02 Å². The van der Waals surface area contributed by atoms with Crippen LogP contribution in [0.5, 0.6) is 0 Å². The van der Waals surface area contributed by atoms with Gasteiger partial charge >= 0.3 is 0 Å². The Morgan fingerprint density at radius 3 is 2.86 bits per heavy atom. The molecular formula is C16H14ClNOS2. The van der Waals surface area contributed by atoms with Crippen LogP contribution in [0.4, 0.5) is 5.69 Å². The van der Waals surface area contributed by atoms with E-state index in [1.165, 1.54) is 0 Å². The van der Waals surface area contributed by atoms with Crippen molar-refractivity contribution in [3.05, 3.63) is 53.6 Å². The van der Waals surface area contributed by atoms with Crippen molar-refractivity contribution in [2.75, 3.05) is 23.0 Å². The number of carbonyl (C=O) groups excluding carboxylic acids is 1. The summed E-state index contributed by atoms with van der Waals surface area (Å²) in [7, 11) is 0. The molecule has 0 bridgehead atoms. The molecule has 108 valence electrons. The number of benzene rings is 2. The fraction of sp³-hybridized carbons (Fsp3) is 0.188. The molecule has 1 amide bonds. The Kier molecular flexibility index (Phi) is 4.78. The van der Waals surface area contributed by atoms with Crippen molar-refractivity contribution < 1.29 is 4.79 Å². The minimum absolute atomic E-state index is 0.132. The van der Waals surface area contributed by atoms with Crippen LogP contribution in [0.25, 0.3) is 0 Å². The van der Waals surface area contributed by atoms with E-state index in [-0.39, 0.29) is 5.91 Å². The highest BCUT2D eigenvalue weighted by atomic mass is 35.5. The molecule has 0 radical (unpaired) electrons. The SMILES string of the molecule is O=C(CSc1ccccc1)N1CCSc2ccc(Cl)cc21. The zero-order valence-electron chi connectivity index (χ0n) is 11.3. The summed E-state index contributed by atoms with van der Waals surface area (Å²) in [6.07, 6.45) is 0. The molecule has 0 aliphatic carbocycles. The molecule has 21 heavy (non-hydrogen) atoms. The number of carbonyl (C=O) groups is 1. The molecule has 0 spiro atoms. The molecule has 5 heteroatoms. The first-order chi connectivity index (χ1) is 10.2. The highest BCUT2D eigenvalue weighted by Gasteiger charge is 2.23. The molecule has 3 rings (SSSR count). The average molecular weight is 336 g/mol. The van der Waals surface area contributed by atoms with Gasteiger partial charge in [0.2, 0.25) is 5.91 Å². The van der Waals surface area contributed by atoms with Crippen molar-refractivity contribution in [3.63, 3.8) is 0 Å². The van der Waals surface area contributed by atoms with Gasteiger partial charge in [-0.25, -0.2) is 0 Å². The fourth-order valence-electron chi connectivity index (χ4n) is 2.19. The molecule has 2 nitrogen and oxygen atoms in total. The summed E-state index contributed by atoms with van der Waals surface area (Å²) in [5, 5.41) is 0.671.